The summed E-state index contributed by atoms with van der Waals surface area (Å²) in [5.74, 6) is 0. The van der Waals surface area contributed by atoms with Crippen molar-refractivity contribution < 1.29 is 13.3 Å². The van der Waals surface area contributed by atoms with Gasteiger partial charge in [0.2, 0.25) is 0 Å². The van der Waals surface area contributed by atoms with Crippen molar-refractivity contribution in [3.8, 4) is 0 Å². The van der Waals surface area contributed by atoms with Gasteiger partial charge in [0.25, 0.3) is 0 Å². The molecule has 1 aliphatic heterocycles. The standard InChI is InChI=1S/C5H8I2N2.I3/c1-8-3-9(2)5(7)4(8)6;1-3-2/h3H2,1-2H3;/q;-1. The molecule has 0 amide bonds. The molecule has 12 heavy (non-hydrogen) atoms. The van der Waals surface area contributed by atoms with Gasteiger partial charge in [0.1, 0.15) is 7.41 Å². The summed E-state index contributed by atoms with van der Waals surface area (Å²) < 4.78 is 2.69. The zero-order valence-corrected chi connectivity index (χ0v) is 17.3. The zero-order valence-electron chi connectivity index (χ0n) is 6.49. The Balaban J connectivity index is 0.000000354. The van der Waals surface area contributed by atoms with E-state index in [0.29, 0.717) is 13.3 Å². The molecule has 0 N–H and O–H groups in total. The van der Waals surface area contributed by atoms with E-state index in [4.69, 9.17) is 0 Å². The molecule has 0 spiro atoms. The van der Waals surface area contributed by atoms with E-state index in [1.807, 2.05) is 0 Å². The van der Waals surface area contributed by atoms with Crippen molar-refractivity contribution in [3.05, 3.63) is 7.41 Å². The summed E-state index contributed by atoms with van der Waals surface area (Å²) in [7, 11) is 4.20. The van der Waals surface area contributed by atoms with E-state index in [1.165, 1.54) is 7.41 Å². The van der Waals surface area contributed by atoms with Gasteiger partial charge in [0.15, 0.2) is 0 Å². The molecule has 0 aromatic heterocycles. The van der Waals surface area contributed by atoms with Crippen LogP contribution in [0.4, 0.5) is 0 Å². The molecular weight excluding hydrogens is 723 g/mol. The first-order valence-electron chi connectivity index (χ1n) is 2.89. The summed E-state index contributed by atoms with van der Waals surface area (Å²) in [6.45, 7) is 1.02. The summed E-state index contributed by atoms with van der Waals surface area (Å²) in [6.07, 6.45) is 0. The van der Waals surface area contributed by atoms with Crippen molar-refractivity contribution in [3.63, 3.8) is 0 Å². The first kappa shape index (κ1) is 15.0. The fourth-order valence-electron chi connectivity index (χ4n) is 0.757. The molecule has 1 aliphatic rings. The van der Waals surface area contributed by atoms with Gasteiger partial charge >= 0.3 is 50.5 Å². The van der Waals surface area contributed by atoms with Crippen LogP contribution in [-0.2, 0) is 0 Å². The third-order valence-electron chi connectivity index (χ3n) is 1.26. The monoisotopic (exact) mass is 731 g/mol. The van der Waals surface area contributed by atoms with Gasteiger partial charge in [-0.15, -0.1) is 0 Å². The molecule has 2 nitrogen and oxygen atoms in total. The molecule has 0 aromatic rings. The topological polar surface area (TPSA) is 6.48 Å². The van der Waals surface area contributed by atoms with Crippen molar-refractivity contribution >= 4 is 82.4 Å². The van der Waals surface area contributed by atoms with Gasteiger partial charge in [-0.05, 0) is 45.2 Å². The minimum absolute atomic E-state index is 0.530. The Morgan fingerprint density at radius 2 is 1.33 bits per heavy atom. The SMILES string of the molecule is CN1CN(C)C(I)=C1I.I[I-]I. The quantitative estimate of drug-likeness (QED) is 0.267. The van der Waals surface area contributed by atoms with Crippen LogP contribution in [0.5, 0.6) is 0 Å². The number of hydrogen-bond donors (Lipinski definition) is 0. The Morgan fingerprint density at radius 1 is 1.08 bits per heavy atom. The van der Waals surface area contributed by atoms with Crippen LogP contribution in [0.15, 0.2) is 7.41 Å². The van der Waals surface area contributed by atoms with Crippen LogP contribution in [-0.4, -0.2) is 30.6 Å². The van der Waals surface area contributed by atoms with Gasteiger partial charge in [-0.25, -0.2) is 0 Å². The van der Waals surface area contributed by atoms with Gasteiger partial charge in [-0.1, -0.05) is 0 Å². The second-order valence-electron chi connectivity index (χ2n) is 2.17. The van der Waals surface area contributed by atoms with Crippen molar-refractivity contribution in [1.29, 1.82) is 0 Å². The second kappa shape index (κ2) is 8.18. The summed E-state index contributed by atoms with van der Waals surface area (Å²) >= 11 is 10.0. The van der Waals surface area contributed by atoms with Crippen molar-refractivity contribution in [2.75, 3.05) is 20.8 Å². The molecule has 0 saturated heterocycles. The normalized spacial score (nSPS) is 16.8. The van der Waals surface area contributed by atoms with Crippen LogP contribution in [0.1, 0.15) is 0 Å². The molecule has 0 aliphatic carbocycles. The number of halogens is 5. The Morgan fingerprint density at radius 3 is 1.42 bits per heavy atom. The van der Waals surface area contributed by atoms with E-state index in [-0.39, 0.29) is 0 Å². The Bertz CT molecular complexity index is 155. The number of hydrogen-bond acceptors (Lipinski definition) is 2. The molecule has 1 rings (SSSR count). The Hall–Kier alpha value is 2.99. The predicted molar refractivity (Wildman–Crippen MR) is 83.5 cm³/mol. The molecule has 1 heterocycles. The van der Waals surface area contributed by atoms with Crippen LogP contribution in [0.3, 0.4) is 0 Å². The van der Waals surface area contributed by atoms with E-state index in [1.54, 1.807) is 0 Å². The third kappa shape index (κ3) is 5.18. The summed E-state index contributed by atoms with van der Waals surface area (Å²) in [5, 5.41) is 0. The van der Waals surface area contributed by atoms with E-state index in [2.05, 4.69) is 106 Å². The molecule has 0 unspecified atom stereocenters. The fraction of sp³-hybridized carbons (Fsp3) is 0.600. The summed E-state index contributed by atoms with van der Waals surface area (Å²) in [5.41, 5.74) is 0. The van der Waals surface area contributed by atoms with E-state index in [9.17, 15) is 0 Å². The van der Waals surface area contributed by atoms with Crippen LogP contribution >= 0.6 is 82.4 Å². The fourth-order valence-corrected chi connectivity index (χ4v) is 1.89. The second-order valence-corrected chi connectivity index (χ2v) is 20.5. The van der Waals surface area contributed by atoms with Gasteiger partial charge in [-0.3, -0.25) is 0 Å². The molecule has 0 radical (unpaired) electrons. The molecule has 74 valence electrons. The van der Waals surface area contributed by atoms with Crippen LogP contribution < -0.4 is 13.3 Å². The number of nitrogens with zero attached hydrogens (tertiary/aromatic N) is 2. The van der Waals surface area contributed by atoms with Gasteiger partial charge in [0.05, 0.1) is 6.67 Å². The molecule has 0 saturated carbocycles. The van der Waals surface area contributed by atoms with Crippen molar-refractivity contribution in [1.82, 2.24) is 9.80 Å². The van der Waals surface area contributed by atoms with Crippen LogP contribution in [0.2, 0.25) is 0 Å². The molecule has 0 fully saturated rings. The molecular formula is C5H8I5N2-. The van der Waals surface area contributed by atoms with E-state index < -0.39 is 0 Å². The molecule has 0 aromatic carbocycles. The Kier molecular flexibility index (Phi) is 10.2. The minimum atomic E-state index is 0.530. The maximum atomic E-state index is 2.39. The average molecular weight is 731 g/mol. The predicted octanol–water partition coefficient (Wildman–Crippen LogP) is 0.593. The van der Waals surface area contributed by atoms with Gasteiger partial charge < -0.3 is 9.80 Å². The van der Waals surface area contributed by atoms with Crippen LogP contribution in [0, 0.1) is 0 Å². The maximum absolute atomic E-state index is 2.39. The molecule has 7 heteroatoms. The van der Waals surface area contributed by atoms with Gasteiger partial charge in [-0.2, -0.15) is 0 Å². The first-order chi connectivity index (χ1) is 5.54. The van der Waals surface area contributed by atoms with Crippen molar-refractivity contribution in [2.45, 2.75) is 0 Å². The average Bonchev–Trinajstić information content (AvgIpc) is 2.20. The summed E-state index contributed by atoms with van der Waals surface area (Å²) in [6, 6.07) is 0. The molecule has 0 bridgehead atoms. The Labute approximate surface area is 131 Å². The van der Waals surface area contributed by atoms with E-state index >= 15 is 0 Å². The van der Waals surface area contributed by atoms with Crippen molar-refractivity contribution in [2.24, 2.45) is 0 Å². The number of rotatable bonds is 0. The molecule has 0 atom stereocenters. The van der Waals surface area contributed by atoms with Gasteiger partial charge in [0, 0.05) is 14.1 Å². The zero-order chi connectivity index (χ0) is 9.72. The third-order valence-corrected chi connectivity index (χ3v) is 4.97. The van der Waals surface area contributed by atoms with Crippen LogP contribution in [0.25, 0.3) is 0 Å². The van der Waals surface area contributed by atoms with E-state index in [0.717, 1.165) is 6.67 Å². The first-order valence-corrected chi connectivity index (χ1v) is 17.6. The summed E-state index contributed by atoms with van der Waals surface area (Å²) in [4.78, 5) is 4.45.